The fraction of sp³-hybridized carbons (Fsp3) is 0.375. The van der Waals surface area contributed by atoms with Gasteiger partial charge in [0.15, 0.2) is 5.17 Å². The average Bonchev–Trinajstić information content (AvgIpc) is 2.54. The Kier molecular flexibility index (Phi) is 2.44. The third kappa shape index (κ3) is 1.98. The van der Waals surface area contributed by atoms with Crippen LogP contribution >= 0.6 is 11.8 Å². The van der Waals surface area contributed by atoms with E-state index in [0.717, 1.165) is 24.4 Å². The van der Waals surface area contributed by atoms with E-state index in [1.807, 2.05) is 11.0 Å². The standard InChI is InChI=1S/C8H10N4S/c9-8-12(3-4-13-8)6-7-1-2-10-11-5-7/h1-2,5,9H,3-4,6H2. The maximum Gasteiger partial charge on any atom is 0.156 e. The zero-order chi connectivity index (χ0) is 9.10. The van der Waals surface area contributed by atoms with E-state index in [0.29, 0.717) is 5.17 Å². The molecule has 1 saturated heterocycles. The van der Waals surface area contributed by atoms with Crippen molar-refractivity contribution >= 4 is 16.9 Å². The summed E-state index contributed by atoms with van der Waals surface area (Å²) in [5.41, 5.74) is 1.11. The molecule has 13 heavy (non-hydrogen) atoms. The van der Waals surface area contributed by atoms with Crippen LogP contribution in [0.4, 0.5) is 0 Å². The SMILES string of the molecule is N=C1SCCN1Cc1ccnnc1. The van der Waals surface area contributed by atoms with Crippen molar-refractivity contribution in [3.63, 3.8) is 0 Å². The minimum Gasteiger partial charge on any atom is -0.346 e. The van der Waals surface area contributed by atoms with Gasteiger partial charge in [0.2, 0.25) is 0 Å². The summed E-state index contributed by atoms with van der Waals surface area (Å²) in [5.74, 6) is 1.03. The molecular weight excluding hydrogens is 184 g/mol. The van der Waals surface area contributed by atoms with Gasteiger partial charge in [-0.25, -0.2) is 0 Å². The Labute approximate surface area is 80.9 Å². The van der Waals surface area contributed by atoms with E-state index in [-0.39, 0.29) is 0 Å². The minimum atomic E-state index is 0.664. The quantitative estimate of drug-likeness (QED) is 0.762. The largest absolute Gasteiger partial charge is 0.346 e. The van der Waals surface area contributed by atoms with Crippen molar-refractivity contribution < 1.29 is 0 Å². The first-order valence-corrected chi connectivity index (χ1v) is 5.07. The van der Waals surface area contributed by atoms with Crippen LogP contribution < -0.4 is 0 Å². The first-order chi connectivity index (χ1) is 6.36. The molecule has 0 saturated carbocycles. The van der Waals surface area contributed by atoms with Crippen molar-refractivity contribution in [1.29, 1.82) is 5.41 Å². The molecule has 2 heterocycles. The van der Waals surface area contributed by atoms with Crippen molar-refractivity contribution in [2.24, 2.45) is 0 Å². The Hall–Kier alpha value is -1.10. The molecule has 0 aromatic carbocycles. The monoisotopic (exact) mass is 194 g/mol. The van der Waals surface area contributed by atoms with Gasteiger partial charge >= 0.3 is 0 Å². The summed E-state index contributed by atoms with van der Waals surface area (Å²) < 4.78 is 0. The van der Waals surface area contributed by atoms with Gasteiger partial charge in [0.1, 0.15) is 0 Å². The molecule has 1 fully saturated rings. The fourth-order valence-corrected chi connectivity index (χ4v) is 2.07. The van der Waals surface area contributed by atoms with Crippen molar-refractivity contribution in [3.8, 4) is 0 Å². The summed E-state index contributed by atoms with van der Waals surface area (Å²) in [6.07, 6.45) is 3.43. The van der Waals surface area contributed by atoms with Crippen LogP contribution in [0.2, 0.25) is 0 Å². The summed E-state index contributed by atoms with van der Waals surface area (Å²) in [4.78, 5) is 2.04. The fourth-order valence-electron chi connectivity index (χ4n) is 1.23. The predicted molar refractivity (Wildman–Crippen MR) is 52.6 cm³/mol. The first kappa shape index (κ1) is 8.50. The van der Waals surface area contributed by atoms with Crippen LogP contribution in [-0.2, 0) is 6.54 Å². The highest BCUT2D eigenvalue weighted by Crippen LogP contribution is 2.18. The Morgan fingerprint density at radius 1 is 1.54 bits per heavy atom. The van der Waals surface area contributed by atoms with E-state index in [4.69, 9.17) is 5.41 Å². The van der Waals surface area contributed by atoms with Gasteiger partial charge in [-0.3, -0.25) is 5.41 Å². The van der Waals surface area contributed by atoms with E-state index in [2.05, 4.69) is 10.2 Å². The van der Waals surface area contributed by atoms with Crippen LogP contribution in [0.25, 0.3) is 0 Å². The second-order valence-corrected chi connectivity index (χ2v) is 3.91. The Morgan fingerprint density at radius 2 is 2.46 bits per heavy atom. The van der Waals surface area contributed by atoms with Gasteiger partial charge < -0.3 is 4.90 Å². The van der Waals surface area contributed by atoms with Gasteiger partial charge in [0.25, 0.3) is 0 Å². The minimum absolute atomic E-state index is 0.664. The van der Waals surface area contributed by atoms with E-state index < -0.39 is 0 Å². The van der Waals surface area contributed by atoms with E-state index >= 15 is 0 Å². The van der Waals surface area contributed by atoms with E-state index in [1.54, 1.807) is 24.2 Å². The van der Waals surface area contributed by atoms with Crippen LogP contribution in [0, 0.1) is 5.41 Å². The van der Waals surface area contributed by atoms with Crippen molar-refractivity contribution in [2.45, 2.75) is 6.54 Å². The first-order valence-electron chi connectivity index (χ1n) is 4.08. The van der Waals surface area contributed by atoms with Gasteiger partial charge in [0, 0.05) is 25.0 Å². The number of hydrogen-bond donors (Lipinski definition) is 1. The number of hydrogen-bond acceptors (Lipinski definition) is 4. The number of nitrogens with zero attached hydrogens (tertiary/aromatic N) is 3. The van der Waals surface area contributed by atoms with Gasteiger partial charge in [-0.05, 0) is 11.6 Å². The lowest BCUT2D eigenvalue weighted by molar-refractivity contribution is 0.453. The lowest BCUT2D eigenvalue weighted by Gasteiger charge is -2.15. The molecule has 0 atom stereocenters. The average molecular weight is 194 g/mol. The molecule has 0 spiro atoms. The summed E-state index contributed by atoms with van der Waals surface area (Å²) in [6.45, 7) is 1.74. The topological polar surface area (TPSA) is 52.9 Å². The lowest BCUT2D eigenvalue weighted by Crippen LogP contribution is -2.22. The molecule has 1 N–H and O–H groups in total. The molecule has 4 nitrogen and oxygen atoms in total. The Bertz CT molecular complexity index is 300. The molecule has 2 rings (SSSR count). The summed E-state index contributed by atoms with van der Waals surface area (Å²) in [6, 6.07) is 1.93. The molecule has 1 aliphatic heterocycles. The number of amidine groups is 1. The molecule has 0 bridgehead atoms. The molecule has 68 valence electrons. The Balaban J connectivity index is 2.02. The summed E-state index contributed by atoms with van der Waals surface area (Å²) in [5, 5.41) is 15.8. The molecule has 1 aliphatic rings. The molecule has 0 amide bonds. The number of rotatable bonds is 2. The molecule has 5 heteroatoms. The van der Waals surface area contributed by atoms with Crippen molar-refractivity contribution in [3.05, 3.63) is 24.0 Å². The highest BCUT2D eigenvalue weighted by molar-refractivity contribution is 8.14. The third-order valence-electron chi connectivity index (χ3n) is 1.91. The van der Waals surface area contributed by atoms with Gasteiger partial charge in [-0.1, -0.05) is 11.8 Å². The second-order valence-electron chi connectivity index (χ2n) is 2.83. The zero-order valence-electron chi connectivity index (χ0n) is 7.10. The molecule has 1 aromatic rings. The highest BCUT2D eigenvalue weighted by Gasteiger charge is 2.17. The predicted octanol–water partition coefficient (Wildman–Crippen LogP) is 0.960. The van der Waals surface area contributed by atoms with Gasteiger partial charge in [0.05, 0.1) is 6.20 Å². The smallest absolute Gasteiger partial charge is 0.156 e. The van der Waals surface area contributed by atoms with Crippen LogP contribution in [0.1, 0.15) is 5.56 Å². The zero-order valence-corrected chi connectivity index (χ0v) is 7.92. The number of aromatic nitrogens is 2. The van der Waals surface area contributed by atoms with E-state index in [9.17, 15) is 0 Å². The van der Waals surface area contributed by atoms with Gasteiger partial charge in [-0.15, -0.1) is 0 Å². The molecule has 0 radical (unpaired) electrons. The number of nitrogens with one attached hydrogen (secondary N) is 1. The summed E-state index contributed by atoms with van der Waals surface area (Å²) in [7, 11) is 0. The van der Waals surface area contributed by atoms with Gasteiger partial charge in [-0.2, -0.15) is 10.2 Å². The maximum atomic E-state index is 7.61. The molecule has 0 unspecified atom stereocenters. The maximum absolute atomic E-state index is 7.61. The lowest BCUT2D eigenvalue weighted by atomic mass is 10.3. The normalized spacial score (nSPS) is 16.6. The molecule has 1 aromatic heterocycles. The third-order valence-corrected chi connectivity index (χ3v) is 2.82. The van der Waals surface area contributed by atoms with Crippen LogP contribution in [-0.4, -0.2) is 32.6 Å². The van der Waals surface area contributed by atoms with Crippen molar-refractivity contribution in [1.82, 2.24) is 15.1 Å². The van der Waals surface area contributed by atoms with Crippen LogP contribution in [0.3, 0.4) is 0 Å². The number of thioether (sulfide) groups is 1. The van der Waals surface area contributed by atoms with Crippen molar-refractivity contribution in [2.75, 3.05) is 12.3 Å². The highest BCUT2D eigenvalue weighted by atomic mass is 32.2. The van der Waals surface area contributed by atoms with Crippen LogP contribution in [0.15, 0.2) is 18.5 Å². The summed E-state index contributed by atoms with van der Waals surface area (Å²) >= 11 is 1.60. The molecule has 0 aliphatic carbocycles. The second kappa shape index (κ2) is 3.74. The van der Waals surface area contributed by atoms with Crippen LogP contribution in [0.5, 0.6) is 0 Å². The van der Waals surface area contributed by atoms with E-state index in [1.165, 1.54) is 0 Å². The molecular formula is C8H10N4S. The Morgan fingerprint density at radius 3 is 3.08 bits per heavy atom.